The molecule has 3 heteroatoms. The minimum absolute atomic E-state index is 0.386. The van der Waals surface area contributed by atoms with Gasteiger partial charge in [-0.1, -0.05) is 42.6 Å². The van der Waals surface area contributed by atoms with E-state index in [0.29, 0.717) is 6.04 Å². The maximum absolute atomic E-state index is 5.48. The van der Waals surface area contributed by atoms with Crippen LogP contribution >= 0.6 is 15.9 Å². The lowest BCUT2D eigenvalue weighted by atomic mass is 10.00. The first-order chi connectivity index (χ1) is 8.72. The van der Waals surface area contributed by atoms with Crippen LogP contribution in [0.15, 0.2) is 22.7 Å². The molecule has 1 rings (SSSR count). The fraction of sp³-hybridized carbons (Fsp3) is 0.600. The topological polar surface area (TPSA) is 21.3 Å². The van der Waals surface area contributed by atoms with Gasteiger partial charge in [0.05, 0.1) is 7.11 Å². The summed E-state index contributed by atoms with van der Waals surface area (Å²) < 4.78 is 6.59. The molecule has 1 atom stereocenters. The van der Waals surface area contributed by atoms with Gasteiger partial charge in [0.1, 0.15) is 5.75 Å². The number of hydrogen-bond acceptors (Lipinski definition) is 2. The number of halogens is 1. The maximum atomic E-state index is 5.48. The van der Waals surface area contributed by atoms with E-state index < -0.39 is 0 Å². The van der Waals surface area contributed by atoms with Gasteiger partial charge in [0.25, 0.3) is 0 Å². The SMILES string of the molecule is CCCCC(NCCC)c1cc(Br)ccc1OC. The van der Waals surface area contributed by atoms with Crippen molar-refractivity contribution >= 4 is 15.9 Å². The molecule has 1 aromatic rings. The molecule has 102 valence electrons. The fourth-order valence-corrected chi connectivity index (χ4v) is 2.45. The number of ether oxygens (including phenoxy) is 1. The molecular formula is C15H24BrNO. The van der Waals surface area contributed by atoms with Crippen LogP contribution in [-0.4, -0.2) is 13.7 Å². The molecule has 0 fully saturated rings. The Hall–Kier alpha value is -0.540. The van der Waals surface area contributed by atoms with Crippen LogP contribution in [0.5, 0.6) is 5.75 Å². The van der Waals surface area contributed by atoms with Gasteiger partial charge in [-0.2, -0.15) is 0 Å². The van der Waals surface area contributed by atoms with Crippen molar-refractivity contribution in [3.8, 4) is 5.75 Å². The van der Waals surface area contributed by atoms with E-state index in [1.165, 1.54) is 18.4 Å². The van der Waals surface area contributed by atoms with E-state index in [-0.39, 0.29) is 0 Å². The first kappa shape index (κ1) is 15.5. The van der Waals surface area contributed by atoms with Crippen molar-refractivity contribution in [2.75, 3.05) is 13.7 Å². The second kappa shape index (κ2) is 8.54. The van der Waals surface area contributed by atoms with Crippen molar-refractivity contribution in [2.45, 2.75) is 45.6 Å². The van der Waals surface area contributed by atoms with E-state index >= 15 is 0 Å². The molecule has 1 N–H and O–H groups in total. The number of methoxy groups -OCH3 is 1. The molecule has 0 radical (unpaired) electrons. The van der Waals surface area contributed by atoms with Gasteiger partial charge >= 0.3 is 0 Å². The zero-order valence-electron chi connectivity index (χ0n) is 11.6. The Labute approximate surface area is 119 Å². The van der Waals surface area contributed by atoms with Crippen LogP contribution in [0.2, 0.25) is 0 Å². The van der Waals surface area contributed by atoms with Crippen LogP contribution in [-0.2, 0) is 0 Å². The van der Waals surface area contributed by atoms with E-state index in [0.717, 1.165) is 29.6 Å². The Morgan fingerprint density at radius 1 is 1.28 bits per heavy atom. The average molecular weight is 314 g/mol. The number of benzene rings is 1. The van der Waals surface area contributed by atoms with Crippen molar-refractivity contribution in [3.63, 3.8) is 0 Å². The number of unbranched alkanes of at least 4 members (excludes halogenated alkanes) is 1. The Kier molecular flexibility index (Phi) is 7.36. The summed E-state index contributed by atoms with van der Waals surface area (Å²) in [7, 11) is 1.74. The summed E-state index contributed by atoms with van der Waals surface area (Å²) in [5.41, 5.74) is 1.26. The van der Waals surface area contributed by atoms with Crippen LogP contribution in [0.25, 0.3) is 0 Å². The quantitative estimate of drug-likeness (QED) is 0.751. The fourth-order valence-electron chi connectivity index (χ4n) is 2.07. The standard InChI is InChI=1S/C15H24BrNO/c1-4-6-7-14(17-10-5-2)13-11-12(16)8-9-15(13)18-3/h8-9,11,14,17H,4-7,10H2,1-3H3. The summed E-state index contributed by atoms with van der Waals surface area (Å²) >= 11 is 3.55. The predicted molar refractivity (Wildman–Crippen MR) is 81.3 cm³/mol. The second-order valence-electron chi connectivity index (χ2n) is 4.54. The predicted octanol–water partition coefficient (Wildman–Crippen LogP) is 4.69. The summed E-state index contributed by atoms with van der Waals surface area (Å²) in [4.78, 5) is 0. The highest BCUT2D eigenvalue weighted by Gasteiger charge is 2.15. The zero-order chi connectivity index (χ0) is 13.4. The lowest BCUT2D eigenvalue weighted by Gasteiger charge is -2.21. The molecule has 0 spiro atoms. The van der Waals surface area contributed by atoms with Crippen LogP contribution in [0.1, 0.15) is 51.1 Å². The summed E-state index contributed by atoms with van der Waals surface area (Å²) in [5.74, 6) is 0.975. The smallest absolute Gasteiger partial charge is 0.123 e. The Morgan fingerprint density at radius 3 is 2.67 bits per heavy atom. The van der Waals surface area contributed by atoms with E-state index in [2.05, 4.69) is 41.2 Å². The number of hydrogen-bond donors (Lipinski definition) is 1. The normalized spacial score (nSPS) is 12.4. The molecule has 2 nitrogen and oxygen atoms in total. The monoisotopic (exact) mass is 313 g/mol. The first-order valence-corrected chi connectivity index (χ1v) is 7.59. The van der Waals surface area contributed by atoms with Gasteiger partial charge in [-0.25, -0.2) is 0 Å². The summed E-state index contributed by atoms with van der Waals surface area (Å²) in [6.07, 6.45) is 4.76. The molecule has 0 heterocycles. The van der Waals surface area contributed by atoms with E-state index in [9.17, 15) is 0 Å². The van der Waals surface area contributed by atoms with Crippen LogP contribution in [0.4, 0.5) is 0 Å². The molecule has 18 heavy (non-hydrogen) atoms. The highest BCUT2D eigenvalue weighted by molar-refractivity contribution is 9.10. The van der Waals surface area contributed by atoms with Crippen LogP contribution in [0, 0.1) is 0 Å². The van der Waals surface area contributed by atoms with Crippen LogP contribution < -0.4 is 10.1 Å². The Bertz CT molecular complexity index is 346. The lowest BCUT2D eigenvalue weighted by Crippen LogP contribution is -2.22. The molecule has 0 bridgehead atoms. The van der Waals surface area contributed by atoms with Gasteiger partial charge in [-0.3, -0.25) is 0 Å². The maximum Gasteiger partial charge on any atom is 0.123 e. The van der Waals surface area contributed by atoms with Crippen LogP contribution in [0.3, 0.4) is 0 Å². The molecule has 0 saturated carbocycles. The minimum atomic E-state index is 0.386. The largest absolute Gasteiger partial charge is 0.496 e. The van der Waals surface area contributed by atoms with Crippen molar-refractivity contribution in [2.24, 2.45) is 0 Å². The third kappa shape index (κ3) is 4.62. The molecule has 0 aliphatic rings. The number of rotatable bonds is 8. The molecule has 0 aliphatic heterocycles. The average Bonchev–Trinajstić information content (AvgIpc) is 2.39. The van der Waals surface area contributed by atoms with E-state index in [4.69, 9.17) is 4.74 Å². The molecule has 0 aromatic heterocycles. The van der Waals surface area contributed by atoms with Crippen molar-refractivity contribution in [3.05, 3.63) is 28.2 Å². The highest BCUT2D eigenvalue weighted by Crippen LogP contribution is 2.31. The molecule has 1 aromatic carbocycles. The molecule has 0 amide bonds. The summed E-state index contributed by atoms with van der Waals surface area (Å²) in [6, 6.07) is 6.62. The van der Waals surface area contributed by atoms with Gasteiger partial charge < -0.3 is 10.1 Å². The molecule has 1 unspecified atom stereocenters. The zero-order valence-corrected chi connectivity index (χ0v) is 13.2. The third-order valence-corrected chi connectivity index (χ3v) is 3.55. The van der Waals surface area contributed by atoms with Gasteiger partial charge in [-0.15, -0.1) is 0 Å². The van der Waals surface area contributed by atoms with Crippen molar-refractivity contribution in [1.82, 2.24) is 5.32 Å². The third-order valence-electron chi connectivity index (χ3n) is 3.05. The number of nitrogens with one attached hydrogen (secondary N) is 1. The summed E-state index contributed by atoms with van der Waals surface area (Å²) in [6.45, 7) is 5.47. The lowest BCUT2D eigenvalue weighted by molar-refractivity contribution is 0.392. The molecule has 0 aliphatic carbocycles. The van der Waals surface area contributed by atoms with Crippen molar-refractivity contribution in [1.29, 1.82) is 0 Å². The molecule has 0 saturated heterocycles. The second-order valence-corrected chi connectivity index (χ2v) is 5.45. The first-order valence-electron chi connectivity index (χ1n) is 6.79. The van der Waals surface area contributed by atoms with Gasteiger partial charge in [0.15, 0.2) is 0 Å². The summed E-state index contributed by atoms with van der Waals surface area (Å²) in [5, 5.41) is 3.62. The Morgan fingerprint density at radius 2 is 2.06 bits per heavy atom. The van der Waals surface area contributed by atoms with Gasteiger partial charge in [0, 0.05) is 16.1 Å². The Balaban J connectivity index is 2.90. The highest BCUT2D eigenvalue weighted by atomic mass is 79.9. The molecular weight excluding hydrogens is 290 g/mol. The van der Waals surface area contributed by atoms with Crippen molar-refractivity contribution < 1.29 is 4.74 Å². The minimum Gasteiger partial charge on any atom is -0.496 e. The van der Waals surface area contributed by atoms with E-state index in [1.54, 1.807) is 7.11 Å². The van der Waals surface area contributed by atoms with Gasteiger partial charge in [-0.05, 0) is 37.6 Å². The van der Waals surface area contributed by atoms with E-state index in [1.807, 2.05) is 12.1 Å². The van der Waals surface area contributed by atoms with Gasteiger partial charge in [0.2, 0.25) is 0 Å².